The van der Waals surface area contributed by atoms with Crippen LogP contribution < -0.4 is 20.7 Å². The Morgan fingerprint density at radius 3 is 1.95 bits per heavy atom. The highest BCUT2D eigenvalue weighted by Crippen LogP contribution is 2.88. The molecule has 15 heteroatoms. The molecule has 6 rings (SSSR count). The van der Waals surface area contributed by atoms with Crippen LogP contribution >= 0.6 is 0 Å². The summed E-state index contributed by atoms with van der Waals surface area (Å²) >= 11 is 0. The van der Waals surface area contributed by atoms with Crippen molar-refractivity contribution in [3.05, 3.63) is 0 Å². The monoisotopic (exact) mass is 860 g/mol. The molecule has 2 spiro atoms. The normalized spacial score (nSPS) is 31.1. The Labute approximate surface area is 360 Å². The number of hydrogen-bond donors (Lipinski definition) is 4. The lowest BCUT2D eigenvalue weighted by molar-refractivity contribution is -0.145. The van der Waals surface area contributed by atoms with Gasteiger partial charge in [-0.3, -0.25) is 28.9 Å². The van der Waals surface area contributed by atoms with Gasteiger partial charge >= 0.3 is 10.2 Å². The van der Waals surface area contributed by atoms with Crippen molar-refractivity contribution in [2.24, 2.45) is 33.5 Å². The van der Waals surface area contributed by atoms with Crippen LogP contribution in [0.25, 0.3) is 0 Å². The maximum Gasteiger partial charge on any atom is 0.303 e. The van der Waals surface area contributed by atoms with Crippen molar-refractivity contribution in [1.82, 2.24) is 34.8 Å². The van der Waals surface area contributed by atoms with E-state index in [9.17, 15) is 27.6 Å². The Morgan fingerprint density at radius 1 is 0.800 bits per heavy atom. The second-order valence-electron chi connectivity index (χ2n) is 21.2. The number of nitrogens with zero attached hydrogens (tertiary/aromatic N) is 3. The molecule has 4 saturated carbocycles. The van der Waals surface area contributed by atoms with Crippen LogP contribution in [0.15, 0.2) is 0 Å². The van der Waals surface area contributed by atoms with E-state index in [4.69, 9.17) is 0 Å². The summed E-state index contributed by atoms with van der Waals surface area (Å²) in [5, 5.41) is 9.40. The van der Waals surface area contributed by atoms with Crippen molar-refractivity contribution in [3.63, 3.8) is 0 Å². The maximum absolute atomic E-state index is 15.3. The second-order valence-corrected chi connectivity index (χ2v) is 22.8. The van der Waals surface area contributed by atoms with Crippen molar-refractivity contribution in [1.29, 1.82) is 0 Å². The van der Waals surface area contributed by atoms with Crippen LogP contribution in [0.4, 0.5) is 0 Å². The van der Waals surface area contributed by atoms with Gasteiger partial charge in [0, 0.05) is 31.1 Å². The molecule has 340 valence electrons. The SMILES string of the molecule is CCC1CC1(NC(=O)[C@@H]1C[C@@]2(CN1C(=O)[C@@H](NC(=O)[C@@H](NC(=O)[C@@H]1CCCCN1C(C)C)C1CCCCC1)C(C)(C)C)C(C)(C)C21CCC1)C(=O)NS(=O)(=O)N(CC)CC. The Kier molecular flexibility index (Phi) is 13.3. The quantitative estimate of drug-likeness (QED) is 0.184. The van der Waals surface area contributed by atoms with Gasteiger partial charge in [0.25, 0.3) is 5.91 Å². The molecular weight excluding hydrogens is 783 g/mol. The van der Waals surface area contributed by atoms with Gasteiger partial charge < -0.3 is 20.9 Å². The van der Waals surface area contributed by atoms with Crippen LogP contribution in [-0.2, 0) is 34.2 Å². The molecule has 0 aromatic carbocycles. The van der Waals surface area contributed by atoms with E-state index >= 15 is 4.79 Å². The van der Waals surface area contributed by atoms with Crippen molar-refractivity contribution < 1.29 is 32.4 Å². The molecule has 0 aromatic heterocycles. The summed E-state index contributed by atoms with van der Waals surface area (Å²) in [7, 11) is -4.14. The fourth-order valence-corrected chi connectivity index (χ4v) is 13.8. The first-order chi connectivity index (χ1) is 28.1. The molecule has 2 heterocycles. The van der Waals surface area contributed by atoms with E-state index in [-0.39, 0.29) is 71.0 Å². The van der Waals surface area contributed by atoms with Gasteiger partial charge in [0.05, 0.1) is 6.04 Å². The Bertz CT molecular complexity index is 1770. The number of amides is 5. The number of fused-ring (bicyclic) bond motifs is 1. The topological polar surface area (TPSA) is 177 Å². The molecule has 0 bridgehead atoms. The zero-order valence-electron chi connectivity index (χ0n) is 38.4. The minimum absolute atomic E-state index is 0.00811. The number of carbonyl (C=O) groups is 5. The van der Waals surface area contributed by atoms with Gasteiger partial charge in [0.1, 0.15) is 23.7 Å². The first kappa shape index (κ1) is 46.7. The van der Waals surface area contributed by atoms with Crippen LogP contribution in [0.3, 0.4) is 0 Å². The average molecular weight is 860 g/mol. The predicted octanol–water partition coefficient (Wildman–Crippen LogP) is 4.63. The molecule has 60 heavy (non-hydrogen) atoms. The van der Waals surface area contributed by atoms with Gasteiger partial charge in [-0.1, -0.05) is 93.9 Å². The first-order valence-corrected chi connectivity index (χ1v) is 24.8. The number of rotatable bonds is 15. The molecule has 6 fully saturated rings. The zero-order valence-corrected chi connectivity index (χ0v) is 39.2. The van der Waals surface area contributed by atoms with E-state index in [1.165, 1.54) is 4.31 Å². The van der Waals surface area contributed by atoms with E-state index in [2.05, 4.69) is 53.3 Å². The Hall–Kier alpha value is -2.78. The molecule has 0 radical (unpaired) electrons. The third-order valence-corrected chi connectivity index (χ3v) is 18.3. The highest BCUT2D eigenvalue weighted by molar-refractivity contribution is 7.87. The van der Waals surface area contributed by atoms with E-state index in [0.717, 1.165) is 77.2 Å². The first-order valence-electron chi connectivity index (χ1n) is 23.4. The molecule has 4 aliphatic carbocycles. The molecular formula is C45H77N7O7S. The number of likely N-dealkylation sites (tertiary alicyclic amines) is 2. The predicted molar refractivity (Wildman–Crippen MR) is 231 cm³/mol. The highest BCUT2D eigenvalue weighted by atomic mass is 32.2. The lowest BCUT2D eigenvalue weighted by atomic mass is 9.73. The molecule has 2 saturated heterocycles. The average Bonchev–Trinajstić information content (AvgIpc) is 3.90. The minimum atomic E-state index is -4.14. The fourth-order valence-electron chi connectivity index (χ4n) is 12.5. The number of carbonyl (C=O) groups excluding carboxylic acids is 5. The molecule has 2 unspecified atom stereocenters. The van der Waals surface area contributed by atoms with Crippen molar-refractivity contribution in [2.45, 2.75) is 195 Å². The van der Waals surface area contributed by atoms with Gasteiger partial charge in [-0.05, 0) is 99.8 Å². The van der Waals surface area contributed by atoms with E-state index in [1.54, 1.807) is 18.7 Å². The zero-order chi connectivity index (χ0) is 44.2. The van der Waals surface area contributed by atoms with Crippen LogP contribution in [0.5, 0.6) is 0 Å². The second kappa shape index (κ2) is 17.1. The highest BCUT2D eigenvalue weighted by Gasteiger charge is 2.85. The lowest BCUT2D eigenvalue weighted by Crippen LogP contribution is -2.63. The number of hydrogen-bond acceptors (Lipinski definition) is 8. The molecule has 5 amide bonds. The molecule has 2 aliphatic heterocycles. The summed E-state index contributed by atoms with van der Waals surface area (Å²) < 4.78 is 29.8. The number of nitrogens with one attached hydrogen (secondary N) is 4. The largest absolute Gasteiger partial charge is 0.343 e. The van der Waals surface area contributed by atoms with E-state index in [0.29, 0.717) is 25.8 Å². The standard InChI is InChI=1S/C45H77N7O7S/c1-11-31-26-45(31,40(57)49-60(58,59)50(12-2)13-3)48-37(54)33-27-44(42(9,10)43(44)23-19-24-43)28-52(33)39(56)35(41(6,7)8)47-38(55)34(30-20-15-14-16-21-30)46-36(53)32-22-17-18-25-51(32)29(4)5/h29-35H,11-28H2,1-10H3,(H,46,53)(H,47,55)(H,48,54)(H,49,57)/t31?,32-,33-,34-,35+,44+,45?/m0/s1. The summed E-state index contributed by atoms with van der Waals surface area (Å²) in [6.45, 7) is 21.3. The minimum Gasteiger partial charge on any atom is -0.343 e. The lowest BCUT2D eigenvalue weighted by Gasteiger charge is -2.40. The Morgan fingerprint density at radius 2 is 1.43 bits per heavy atom. The van der Waals surface area contributed by atoms with Crippen LogP contribution in [-0.4, -0.2) is 114 Å². The van der Waals surface area contributed by atoms with Crippen LogP contribution in [0.1, 0.15) is 159 Å². The third-order valence-electron chi connectivity index (χ3n) is 16.6. The van der Waals surface area contributed by atoms with E-state index in [1.807, 2.05) is 27.7 Å². The van der Waals surface area contributed by atoms with Gasteiger partial charge in [-0.15, -0.1) is 0 Å². The molecule has 14 nitrogen and oxygen atoms in total. The summed E-state index contributed by atoms with van der Waals surface area (Å²) in [5.41, 5.74) is -2.65. The molecule has 4 N–H and O–H groups in total. The number of piperidine rings is 1. The summed E-state index contributed by atoms with van der Waals surface area (Å²) in [6.07, 6.45) is 11.7. The van der Waals surface area contributed by atoms with Gasteiger partial charge in [-0.25, -0.2) is 4.72 Å². The summed E-state index contributed by atoms with van der Waals surface area (Å²) in [6, 6.07) is -2.88. The van der Waals surface area contributed by atoms with Crippen molar-refractivity contribution in [3.8, 4) is 0 Å². The van der Waals surface area contributed by atoms with Crippen molar-refractivity contribution >= 4 is 39.7 Å². The molecule has 6 aliphatic rings. The van der Waals surface area contributed by atoms with Gasteiger partial charge in [-0.2, -0.15) is 12.7 Å². The maximum atomic E-state index is 15.3. The summed E-state index contributed by atoms with van der Waals surface area (Å²) in [5.74, 6) is -2.44. The van der Waals surface area contributed by atoms with Gasteiger partial charge in [0.15, 0.2) is 0 Å². The third kappa shape index (κ3) is 8.03. The molecule has 7 atom stereocenters. The van der Waals surface area contributed by atoms with Crippen molar-refractivity contribution in [2.75, 3.05) is 26.2 Å². The van der Waals surface area contributed by atoms with Crippen LogP contribution in [0.2, 0.25) is 0 Å². The molecule has 0 aromatic rings. The smallest absolute Gasteiger partial charge is 0.303 e. The van der Waals surface area contributed by atoms with Gasteiger partial charge in [0.2, 0.25) is 23.6 Å². The summed E-state index contributed by atoms with van der Waals surface area (Å²) in [4.78, 5) is 76.7. The van der Waals surface area contributed by atoms with E-state index < -0.39 is 51.1 Å². The van der Waals surface area contributed by atoms with Crippen LogP contribution in [0, 0.1) is 33.5 Å². The Balaban J connectivity index is 1.28. The fraction of sp³-hybridized carbons (Fsp3) is 0.889.